The molecular formula is C24H27N5O5. The second-order valence-electron chi connectivity index (χ2n) is 8.61. The molecule has 1 aromatic carbocycles. The van der Waals surface area contributed by atoms with Gasteiger partial charge >= 0.3 is 6.03 Å². The van der Waals surface area contributed by atoms with Crippen LogP contribution in [-0.2, 0) is 22.6 Å². The number of urea groups is 1. The standard InChI is InChI=1S/C24H27N5O5/c30-22(28-11-9-27(10-12-28)8-6-18-3-1-2-7-25-18)14-19-23(31)29(24(32)26-19)15-17-4-5-20-21(13-17)34-16-33-20/h1-5,7,13,19H,6,8-12,14-16H2,(H,26,32)/t19-/m1/s1. The third kappa shape index (κ3) is 4.81. The average molecular weight is 466 g/mol. The van der Waals surface area contributed by atoms with Crippen LogP contribution in [0, 0.1) is 0 Å². The summed E-state index contributed by atoms with van der Waals surface area (Å²) in [5.41, 5.74) is 1.81. The van der Waals surface area contributed by atoms with Crippen LogP contribution in [0.5, 0.6) is 11.5 Å². The van der Waals surface area contributed by atoms with Crippen LogP contribution in [0.1, 0.15) is 17.7 Å². The van der Waals surface area contributed by atoms with Crippen LogP contribution >= 0.6 is 0 Å². The van der Waals surface area contributed by atoms with Gasteiger partial charge in [0.1, 0.15) is 6.04 Å². The summed E-state index contributed by atoms with van der Waals surface area (Å²) in [6, 6.07) is 9.89. The maximum absolute atomic E-state index is 12.8. The van der Waals surface area contributed by atoms with Gasteiger partial charge in [0.25, 0.3) is 5.91 Å². The number of hydrogen-bond donors (Lipinski definition) is 1. The van der Waals surface area contributed by atoms with Crippen molar-refractivity contribution >= 4 is 17.8 Å². The molecule has 4 heterocycles. The second kappa shape index (κ2) is 9.68. The summed E-state index contributed by atoms with van der Waals surface area (Å²) in [6.45, 7) is 3.93. The van der Waals surface area contributed by atoms with Gasteiger partial charge in [-0.25, -0.2) is 4.79 Å². The molecule has 5 rings (SSSR count). The number of amides is 4. The molecule has 178 valence electrons. The molecule has 0 spiro atoms. The zero-order chi connectivity index (χ0) is 23.5. The van der Waals surface area contributed by atoms with E-state index in [1.54, 1.807) is 29.3 Å². The molecule has 0 radical (unpaired) electrons. The topological polar surface area (TPSA) is 104 Å². The molecule has 10 nitrogen and oxygen atoms in total. The molecule has 34 heavy (non-hydrogen) atoms. The Bertz CT molecular complexity index is 1070. The summed E-state index contributed by atoms with van der Waals surface area (Å²) in [5, 5.41) is 2.66. The maximum atomic E-state index is 12.8. The fourth-order valence-corrected chi connectivity index (χ4v) is 4.43. The van der Waals surface area contributed by atoms with Crippen LogP contribution in [0.4, 0.5) is 4.79 Å². The molecule has 3 aliphatic rings. The molecule has 4 amide bonds. The van der Waals surface area contributed by atoms with E-state index in [1.165, 1.54) is 0 Å². The smallest absolute Gasteiger partial charge is 0.325 e. The van der Waals surface area contributed by atoms with Crippen molar-refractivity contribution < 1.29 is 23.9 Å². The summed E-state index contributed by atoms with van der Waals surface area (Å²) in [5.74, 6) is 0.731. The van der Waals surface area contributed by atoms with E-state index in [0.717, 1.165) is 42.2 Å². The molecule has 0 bridgehead atoms. The lowest BCUT2D eigenvalue weighted by Gasteiger charge is -2.35. The molecule has 3 aliphatic heterocycles. The van der Waals surface area contributed by atoms with Gasteiger partial charge in [-0.1, -0.05) is 12.1 Å². The first-order valence-corrected chi connectivity index (χ1v) is 11.5. The summed E-state index contributed by atoms with van der Waals surface area (Å²) < 4.78 is 10.7. The Morgan fingerprint density at radius 2 is 1.88 bits per heavy atom. The molecular weight excluding hydrogens is 438 g/mol. The Hall–Kier alpha value is -3.66. The number of rotatable bonds is 7. The van der Waals surface area contributed by atoms with Crippen molar-refractivity contribution in [1.82, 2.24) is 25.0 Å². The molecule has 0 aliphatic carbocycles. The van der Waals surface area contributed by atoms with E-state index in [1.807, 2.05) is 18.2 Å². The first-order chi connectivity index (χ1) is 16.6. The van der Waals surface area contributed by atoms with E-state index in [0.29, 0.717) is 24.6 Å². The van der Waals surface area contributed by atoms with E-state index < -0.39 is 12.1 Å². The van der Waals surface area contributed by atoms with E-state index in [9.17, 15) is 14.4 Å². The number of pyridine rings is 1. The Morgan fingerprint density at radius 3 is 2.68 bits per heavy atom. The highest BCUT2D eigenvalue weighted by molar-refractivity contribution is 6.05. The number of benzene rings is 1. The van der Waals surface area contributed by atoms with Crippen LogP contribution in [0.2, 0.25) is 0 Å². The molecule has 2 aromatic rings. The van der Waals surface area contributed by atoms with Crippen molar-refractivity contribution in [2.45, 2.75) is 25.4 Å². The minimum absolute atomic E-state index is 0.0316. The minimum atomic E-state index is -0.837. The van der Waals surface area contributed by atoms with E-state index >= 15 is 0 Å². The maximum Gasteiger partial charge on any atom is 0.325 e. The largest absolute Gasteiger partial charge is 0.454 e. The molecule has 2 fully saturated rings. The van der Waals surface area contributed by atoms with Crippen molar-refractivity contribution in [3.8, 4) is 11.5 Å². The fraction of sp³-hybridized carbons (Fsp3) is 0.417. The van der Waals surface area contributed by atoms with Gasteiger partial charge in [-0.05, 0) is 29.8 Å². The van der Waals surface area contributed by atoms with Crippen molar-refractivity contribution in [1.29, 1.82) is 0 Å². The number of carbonyl (C=O) groups excluding carboxylic acids is 3. The van der Waals surface area contributed by atoms with Gasteiger partial charge in [-0.15, -0.1) is 0 Å². The Kier molecular flexibility index (Phi) is 6.31. The molecule has 0 saturated carbocycles. The average Bonchev–Trinajstić information content (AvgIpc) is 3.43. The Morgan fingerprint density at radius 1 is 1.06 bits per heavy atom. The van der Waals surface area contributed by atoms with Crippen LogP contribution < -0.4 is 14.8 Å². The van der Waals surface area contributed by atoms with Gasteiger partial charge in [0.15, 0.2) is 11.5 Å². The predicted octanol–water partition coefficient (Wildman–Crippen LogP) is 1.01. The summed E-state index contributed by atoms with van der Waals surface area (Å²) in [4.78, 5) is 47.7. The van der Waals surface area contributed by atoms with Crippen LogP contribution in [0.3, 0.4) is 0 Å². The number of nitrogens with zero attached hydrogens (tertiary/aromatic N) is 4. The molecule has 1 atom stereocenters. The van der Waals surface area contributed by atoms with Crippen molar-refractivity contribution in [2.24, 2.45) is 0 Å². The first-order valence-electron chi connectivity index (χ1n) is 11.5. The number of fused-ring (bicyclic) bond motifs is 1. The number of carbonyl (C=O) groups is 3. The van der Waals surface area contributed by atoms with Gasteiger partial charge in [0.2, 0.25) is 12.7 Å². The number of nitrogens with one attached hydrogen (secondary N) is 1. The SMILES string of the molecule is O=C(C[C@H]1NC(=O)N(Cc2ccc3c(c2)OCO3)C1=O)N1CCN(CCc2ccccn2)CC1. The van der Waals surface area contributed by atoms with E-state index in [-0.39, 0.29) is 31.6 Å². The van der Waals surface area contributed by atoms with Crippen LogP contribution in [0.15, 0.2) is 42.6 Å². The molecule has 1 N–H and O–H groups in total. The van der Waals surface area contributed by atoms with Gasteiger partial charge in [0.05, 0.1) is 13.0 Å². The monoisotopic (exact) mass is 465 g/mol. The van der Waals surface area contributed by atoms with Crippen LogP contribution in [-0.4, -0.2) is 83.1 Å². The third-order valence-electron chi connectivity index (χ3n) is 6.40. The summed E-state index contributed by atoms with van der Waals surface area (Å²) in [6.07, 6.45) is 2.64. The van der Waals surface area contributed by atoms with Gasteiger partial charge < -0.3 is 19.7 Å². The van der Waals surface area contributed by atoms with Gasteiger partial charge in [0, 0.05) is 51.0 Å². The van der Waals surface area contributed by atoms with Gasteiger partial charge in [-0.3, -0.25) is 24.4 Å². The van der Waals surface area contributed by atoms with Crippen molar-refractivity contribution in [3.63, 3.8) is 0 Å². The zero-order valence-corrected chi connectivity index (χ0v) is 18.8. The molecule has 0 unspecified atom stereocenters. The lowest BCUT2D eigenvalue weighted by atomic mass is 10.1. The lowest BCUT2D eigenvalue weighted by molar-refractivity contribution is -0.137. The Labute approximate surface area is 197 Å². The quantitative estimate of drug-likeness (QED) is 0.609. The first kappa shape index (κ1) is 22.1. The number of aromatic nitrogens is 1. The highest BCUT2D eigenvalue weighted by Crippen LogP contribution is 2.33. The third-order valence-corrected chi connectivity index (χ3v) is 6.40. The van der Waals surface area contributed by atoms with E-state index in [4.69, 9.17) is 9.47 Å². The highest BCUT2D eigenvalue weighted by atomic mass is 16.7. The number of ether oxygens (including phenoxy) is 2. The van der Waals surface area contributed by atoms with Crippen molar-refractivity contribution in [2.75, 3.05) is 39.5 Å². The lowest BCUT2D eigenvalue weighted by Crippen LogP contribution is -2.50. The number of piperazine rings is 1. The fourth-order valence-electron chi connectivity index (χ4n) is 4.43. The normalized spacial score (nSPS) is 20.1. The number of imide groups is 1. The minimum Gasteiger partial charge on any atom is -0.454 e. The molecule has 10 heteroatoms. The van der Waals surface area contributed by atoms with Crippen molar-refractivity contribution in [3.05, 3.63) is 53.9 Å². The highest BCUT2D eigenvalue weighted by Gasteiger charge is 2.40. The molecule has 2 saturated heterocycles. The molecule has 1 aromatic heterocycles. The second-order valence-corrected chi connectivity index (χ2v) is 8.61. The van der Waals surface area contributed by atoms with Crippen LogP contribution in [0.25, 0.3) is 0 Å². The zero-order valence-electron chi connectivity index (χ0n) is 18.8. The summed E-state index contributed by atoms with van der Waals surface area (Å²) in [7, 11) is 0. The predicted molar refractivity (Wildman–Crippen MR) is 121 cm³/mol. The van der Waals surface area contributed by atoms with Gasteiger partial charge in [-0.2, -0.15) is 0 Å². The Balaban J connectivity index is 1.10. The van der Waals surface area contributed by atoms with E-state index in [2.05, 4.69) is 15.2 Å². The summed E-state index contributed by atoms with van der Waals surface area (Å²) >= 11 is 0. The number of hydrogen-bond acceptors (Lipinski definition) is 7.